The first kappa shape index (κ1) is 20.3. The normalized spacial score (nSPS) is 18.7. The molecule has 0 spiro atoms. The van der Waals surface area contributed by atoms with Crippen LogP contribution in [0.25, 0.3) is 0 Å². The van der Waals surface area contributed by atoms with Crippen LogP contribution in [0.2, 0.25) is 5.02 Å². The van der Waals surface area contributed by atoms with Crippen molar-refractivity contribution >= 4 is 40.9 Å². The van der Waals surface area contributed by atoms with Gasteiger partial charge in [0.15, 0.2) is 0 Å². The van der Waals surface area contributed by atoms with Crippen molar-refractivity contribution in [1.82, 2.24) is 4.90 Å². The van der Waals surface area contributed by atoms with E-state index in [2.05, 4.69) is 6.07 Å². The molecule has 6 nitrogen and oxygen atoms in total. The first-order chi connectivity index (χ1) is 14.5. The fraction of sp³-hybridized carbons (Fsp3) is 0.227. The van der Waals surface area contributed by atoms with Crippen LogP contribution in [0.1, 0.15) is 28.3 Å². The number of nitriles is 1. The molecule has 1 saturated heterocycles. The summed E-state index contributed by atoms with van der Waals surface area (Å²) in [6.07, 6.45) is 0.240. The fourth-order valence-electron chi connectivity index (χ4n) is 3.63. The molecule has 2 heterocycles. The number of rotatable bonds is 3. The van der Waals surface area contributed by atoms with Crippen LogP contribution in [0, 0.1) is 11.3 Å². The second-order valence-electron chi connectivity index (χ2n) is 6.95. The third-order valence-corrected chi connectivity index (χ3v) is 6.63. The van der Waals surface area contributed by atoms with Crippen LogP contribution in [-0.2, 0) is 9.53 Å². The van der Waals surface area contributed by atoms with Gasteiger partial charge < -0.3 is 9.64 Å². The van der Waals surface area contributed by atoms with Crippen molar-refractivity contribution in [3.8, 4) is 6.07 Å². The second-order valence-corrected chi connectivity index (χ2v) is 8.32. The molecule has 0 N–H and O–H groups in total. The highest BCUT2D eigenvalue weighted by Gasteiger charge is 2.38. The number of hydrogen-bond acceptors (Lipinski definition) is 6. The molecular weight excluding hydrogens is 422 g/mol. The number of benzene rings is 2. The molecule has 152 valence electrons. The van der Waals surface area contributed by atoms with Crippen LogP contribution >= 0.6 is 23.4 Å². The molecule has 0 radical (unpaired) electrons. The first-order valence-corrected chi connectivity index (χ1v) is 10.6. The Morgan fingerprint density at radius 1 is 1.20 bits per heavy atom. The van der Waals surface area contributed by atoms with E-state index in [1.54, 1.807) is 29.2 Å². The van der Waals surface area contributed by atoms with Crippen LogP contribution in [0.15, 0.2) is 59.1 Å². The molecule has 0 aromatic heterocycles. The molecule has 1 atom stereocenters. The number of halogens is 1. The van der Waals surface area contributed by atoms with Gasteiger partial charge in [-0.25, -0.2) is 4.79 Å². The summed E-state index contributed by atoms with van der Waals surface area (Å²) in [5, 5.41) is 11.2. The molecule has 0 bridgehead atoms. The highest BCUT2D eigenvalue weighted by Crippen LogP contribution is 2.43. The summed E-state index contributed by atoms with van der Waals surface area (Å²) < 4.78 is 4.73. The maximum Gasteiger partial charge on any atom is 0.337 e. The highest BCUT2D eigenvalue weighted by molar-refractivity contribution is 8.03. The van der Waals surface area contributed by atoms with E-state index < -0.39 is 5.97 Å². The molecule has 2 aliphatic rings. The van der Waals surface area contributed by atoms with Crippen molar-refractivity contribution in [3.63, 3.8) is 0 Å². The molecule has 0 aliphatic carbocycles. The molecule has 1 amide bonds. The quantitative estimate of drug-likeness (QED) is 0.662. The summed E-state index contributed by atoms with van der Waals surface area (Å²) in [5.41, 5.74) is 2.89. The average molecular weight is 440 g/mol. The lowest BCUT2D eigenvalue weighted by Crippen LogP contribution is -2.47. The minimum absolute atomic E-state index is 0.0210. The number of hydrogen-bond donors (Lipinski definition) is 0. The molecule has 30 heavy (non-hydrogen) atoms. The number of ether oxygens (including phenoxy) is 1. The molecular formula is C22H18ClN3O3S. The monoisotopic (exact) mass is 439 g/mol. The van der Waals surface area contributed by atoms with Gasteiger partial charge in [0.05, 0.1) is 41.9 Å². The van der Waals surface area contributed by atoms with E-state index in [0.29, 0.717) is 28.7 Å². The number of carbonyl (C=O) groups excluding carboxylic acids is 2. The van der Waals surface area contributed by atoms with Crippen molar-refractivity contribution < 1.29 is 14.3 Å². The number of methoxy groups -OCH3 is 1. The van der Waals surface area contributed by atoms with Crippen LogP contribution in [0.5, 0.6) is 0 Å². The molecule has 8 heteroatoms. The third kappa shape index (κ3) is 3.76. The number of thioether (sulfide) groups is 1. The summed E-state index contributed by atoms with van der Waals surface area (Å²) in [6.45, 7) is 0.358. The summed E-state index contributed by atoms with van der Waals surface area (Å²) >= 11 is 7.46. The first-order valence-electron chi connectivity index (χ1n) is 9.28. The van der Waals surface area contributed by atoms with Crippen LogP contribution in [0.4, 0.5) is 5.69 Å². The molecule has 2 aromatic carbocycles. The number of carbonyl (C=O) groups is 2. The van der Waals surface area contributed by atoms with Gasteiger partial charge >= 0.3 is 5.97 Å². The second kappa shape index (κ2) is 8.42. The minimum atomic E-state index is -0.391. The maximum atomic E-state index is 13.0. The zero-order valence-electron chi connectivity index (χ0n) is 16.2. The van der Waals surface area contributed by atoms with Gasteiger partial charge in [-0.05, 0) is 42.0 Å². The third-order valence-electron chi connectivity index (χ3n) is 5.22. The van der Waals surface area contributed by atoms with E-state index in [0.717, 1.165) is 16.3 Å². The van der Waals surface area contributed by atoms with Gasteiger partial charge in [0.2, 0.25) is 5.91 Å². The standard InChI is InChI=1S/C22H18ClN3O3S/c1-29-22(28)15-4-8-17(9-5-15)25-12-26-20(27)10-18(14-2-6-16(23)7-3-14)19(11-24)21(26)30-13-25/h2-9,18H,10,12-13H2,1H3. The Labute approximate surface area is 183 Å². The number of esters is 1. The number of anilines is 1. The van der Waals surface area contributed by atoms with Crippen LogP contribution in [0.3, 0.4) is 0 Å². The van der Waals surface area contributed by atoms with Gasteiger partial charge in [-0.15, -0.1) is 0 Å². The van der Waals surface area contributed by atoms with E-state index in [-0.39, 0.29) is 18.2 Å². The smallest absolute Gasteiger partial charge is 0.337 e. The lowest BCUT2D eigenvalue weighted by Gasteiger charge is -2.42. The highest BCUT2D eigenvalue weighted by atomic mass is 35.5. The summed E-state index contributed by atoms with van der Waals surface area (Å²) in [4.78, 5) is 28.3. The van der Waals surface area contributed by atoms with Gasteiger partial charge in [0, 0.05) is 23.0 Å². The van der Waals surface area contributed by atoms with E-state index >= 15 is 0 Å². The van der Waals surface area contributed by atoms with Gasteiger partial charge in [0.1, 0.15) is 0 Å². The van der Waals surface area contributed by atoms with Crippen molar-refractivity contribution in [2.75, 3.05) is 24.6 Å². The zero-order chi connectivity index (χ0) is 21.3. The van der Waals surface area contributed by atoms with Gasteiger partial charge in [-0.1, -0.05) is 35.5 Å². The molecule has 2 aromatic rings. The Hall–Kier alpha value is -2.95. The Balaban J connectivity index is 1.59. The molecule has 1 unspecified atom stereocenters. The summed E-state index contributed by atoms with van der Waals surface area (Å²) in [5.74, 6) is -0.0792. The maximum absolute atomic E-state index is 13.0. The Kier molecular flexibility index (Phi) is 5.71. The number of amides is 1. The van der Waals surface area contributed by atoms with E-state index in [1.165, 1.54) is 18.9 Å². The largest absolute Gasteiger partial charge is 0.465 e. The topological polar surface area (TPSA) is 73.6 Å². The zero-order valence-corrected chi connectivity index (χ0v) is 17.7. The Morgan fingerprint density at radius 3 is 2.53 bits per heavy atom. The molecule has 4 rings (SSSR count). The van der Waals surface area contributed by atoms with Crippen molar-refractivity contribution in [2.45, 2.75) is 12.3 Å². The summed E-state index contributed by atoms with van der Waals surface area (Å²) in [7, 11) is 1.34. The number of allylic oxidation sites excluding steroid dienone is 1. The van der Waals surface area contributed by atoms with Crippen LogP contribution in [-0.4, -0.2) is 36.4 Å². The van der Waals surface area contributed by atoms with E-state index in [1.807, 2.05) is 29.2 Å². The fourth-order valence-corrected chi connectivity index (χ4v) is 4.93. The Bertz CT molecular complexity index is 1060. The lowest BCUT2D eigenvalue weighted by atomic mass is 9.86. The van der Waals surface area contributed by atoms with E-state index in [9.17, 15) is 14.9 Å². The lowest BCUT2D eigenvalue weighted by molar-refractivity contribution is -0.129. The minimum Gasteiger partial charge on any atom is -0.465 e. The average Bonchev–Trinajstić information content (AvgIpc) is 2.79. The van der Waals surface area contributed by atoms with Gasteiger partial charge in [0.25, 0.3) is 0 Å². The van der Waals surface area contributed by atoms with Crippen molar-refractivity contribution in [3.05, 3.63) is 75.3 Å². The van der Waals surface area contributed by atoms with Gasteiger partial charge in [-0.3, -0.25) is 9.69 Å². The predicted octanol–water partition coefficient (Wildman–Crippen LogP) is 4.35. The van der Waals surface area contributed by atoms with Crippen molar-refractivity contribution in [2.24, 2.45) is 0 Å². The molecule has 0 saturated carbocycles. The molecule has 2 aliphatic heterocycles. The summed E-state index contributed by atoms with van der Waals surface area (Å²) in [6, 6.07) is 16.7. The van der Waals surface area contributed by atoms with Crippen LogP contribution < -0.4 is 4.90 Å². The molecule has 1 fully saturated rings. The van der Waals surface area contributed by atoms with Gasteiger partial charge in [-0.2, -0.15) is 5.26 Å². The van der Waals surface area contributed by atoms with E-state index in [4.69, 9.17) is 16.3 Å². The Morgan fingerprint density at radius 2 is 1.90 bits per heavy atom. The number of nitrogens with zero attached hydrogens (tertiary/aromatic N) is 3. The SMILES string of the molecule is COC(=O)c1ccc(N2CSC3=C(C#N)C(c4ccc(Cl)cc4)CC(=O)N3C2)cc1. The van der Waals surface area contributed by atoms with Crippen molar-refractivity contribution in [1.29, 1.82) is 5.26 Å². The number of fused-ring (bicyclic) bond motifs is 1. The predicted molar refractivity (Wildman–Crippen MR) is 116 cm³/mol.